The average Bonchev–Trinajstić information content (AvgIpc) is 3.25. The van der Waals surface area contributed by atoms with Crippen LogP contribution in [0.15, 0.2) is 60.0 Å². The fourth-order valence-electron chi connectivity index (χ4n) is 2.88. The molecule has 28 heavy (non-hydrogen) atoms. The first-order valence-corrected chi connectivity index (χ1v) is 10.0. The van der Waals surface area contributed by atoms with E-state index in [1.54, 1.807) is 11.3 Å². The van der Waals surface area contributed by atoms with Gasteiger partial charge < -0.3 is 19.7 Å². The van der Waals surface area contributed by atoms with Crippen molar-refractivity contribution < 1.29 is 14.3 Å². The SMILES string of the molecule is O=C(COc1ccccc1)Nc1ccc(-c2csc(N3CCOCC3)n2)cc1. The van der Waals surface area contributed by atoms with Gasteiger partial charge in [-0.05, 0) is 24.3 Å². The van der Waals surface area contributed by atoms with Crippen LogP contribution in [-0.2, 0) is 9.53 Å². The molecular formula is C21H21N3O3S. The first-order chi connectivity index (χ1) is 13.8. The highest BCUT2D eigenvalue weighted by Gasteiger charge is 2.15. The molecule has 3 aromatic rings. The second-order valence-electron chi connectivity index (χ2n) is 6.34. The van der Waals surface area contributed by atoms with Crippen molar-refractivity contribution in [2.45, 2.75) is 0 Å². The Morgan fingerprint density at radius 2 is 1.86 bits per heavy atom. The largest absolute Gasteiger partial charge is 0.484 e. The van der Waals surface area contributed by atoms with Gasteiger partial charge in [0.1, 0.15) is 5.75 Å². The molecule has 4 rings (SSSR count). The van der Waals surface area contributed by atoms with E-state index in [1.165, 1.54) is 0 Å². The molecule has 1 aliphatic rings. The maximum atomic E-state index is 12.1. The van der Waals surface area contributed by atoms with E-state index in [1.807, 2.05) is 54.6 Å². The quantitative estimate of drug-likeness (QED) is 0.690. The summed E-state index contributed by atoms with van der Waals surface area (Å²) in [5.74, 6) is 0.479. The molecule has 144 valence electrons. The number of thiazole rings is 1. The molecule has 2 aromatic carbocycles. The highest BCUT2D eigenvalue weighted by atomic mass is 32.1. The van der Waals surface area contributed by atoms with Gasteiger partial charge in [0.2, 0.25) is 0 Å². The average molecular weight is 395 g/mol. The van der Waals surface area contributed by atoms with E-state index < -0.39 is 0 Å². The molecule has 1 fully saturated rings. The molecule has 1 amide bonds. The van der Waals surface area contributed by atoms with Gasteiger partial charge in [-0.15, -0.1) is 11.3 Å². The molecule has 0 saturated carbocycles. The number of benzene rings is 2. The Morgan fingerprint density at radius 1 is 1.11 bits per heavy atom. The van der Waals surface area contributed by atoms with Crippen LogP contribution in [0.1, 0.15) is 0 Å². The van der Waals surface area contributed by atoms with Crippen LogP contribution in [-0.4, -0.2) is 43.8 Å². The fraction of sp³-hybridized carbons (Fsp3) is 0.238. The van der Waals surface area contributed by atoms with Crippen LogP contribution in [0.4, 0.5) is 10.8 Å². The van der Waals surface area contributed by atoms with Crippen molar-refractivity contribution in [3.05, 3.63) is 60.0 Å². The zero-order chi connectivity index (χ0) is 19.2. The fourth-order valence-corrected chi connectivity index (χ4v) is 3.77. The maximum absolute atomic E-state index is 12.1. The highest BCUT2D eigenvalue weighted by molar-refractivity contribution is 7.14. The van der Waals surface area contributed by atoms with Crippen molar-refractivity contribution in [3.8, 4) is 17.0 Å². The Balaban J connectivity index is 1.33. The van der Waals surface area contributed by atoms with Crippen LogP contribution in [0, 0.1) is 0 Å². The van der Waals surface area contributed by atoms with Crippen LogP contribution < -0.4 is 15.0 Å². The predicted molar refractivity (Wildman–Crippen MR) is 111 cm³/mol. The number of rotatable bonds is 6. The van der Waals surface area contributed by atoms with Crippen LogP contribution in [0.25, 0.3) is 11.3 Å². The monoisotopic (exact) mass is 395 g/mol. The molecule has 7 heteroatoms. The van der Waals surface area contributed by atoms with E-state index in [0.29, 0.717) is 5.75 Å². The molecule has 1 saturated heterocycles. The van der Waals surface area contributed by atoms with E-state index in [0.717, 1.165) is 48.4 Å². The summed E-state index contributed by atoms with van der Waals surface area (Å²) in [6.07, 6.45) is 0. The van der Waals surface area contributed by atoms with Gasteiger partial charge in [0.25, 0.3) is 5.91 Å². The minimum atomic E-state index is -0.195. The third-order valence-electron chi connectivity index (χ3n) is 4.35. The highest BCUT2D eigenvalue weighted by Crippen LogP contribution is 2.28. The molecule has 0 bridgehead atoms. The molecule has 0 aliphatic carbocycles. The van der Waals surface area contributed by atoms with Gasteiger partial charge in [0.15, 0.2) is 11.7 Å². The topological polar surface area (TPSA) is 63.7 Å². The minimum Gasteiger partial charge on any atom is -0.484 e. The van der Waals surface area contributed by atoms with E-state index >= 15 is 0 Å². The number of nitrogens with zero attached hydrogens (tertiary/aromatic N) is 2. The lowest BCUT2D eigenvalue weighted by atomic mass is 10.1. The van der Waals surface area contributed by atoms with Gasteiger partial charge in [-0.25, -0.2) is 4.98 Å². The lowest BCUT2D eigenvalue weighted by molar-refractivity contribution is -0.118. The van der Waals surface area contributed by atoms with Gasteiger partial charge >= 0.3 is 0 Å². The molecule has 0 spiro atoms. The van der Waals surface area contributed by atoms with Crippen LogP contribution in [0.2, 0.25) is 0 Å². The smallest absolute Gasteiger partial charge is 0.262 e. The Labute approximate surface area is 167 Å². The molecule has 0 unspecified atom stereocenters. The third-order valence-corrected chi connectivity index (χ3v) is 5.25. The number of carbonyl (C=O) groups excluding carboxylic acids is 1. The Kier molecular flexibility index (Phi) is 5.84. The zero-order valence-electron chi connectivity index (χ0n) is 15.3. The number of nitrogens with one attached hydrogen (secondary N) is 1. The van der Waals surface area contributed by atoms with Crippen molar-refractivity contribution in [1.82, 2.24) is 4.98 Å². The Bertz CT molecular complexity index is 906. The Hall–Kier alpha value is -2.90. The van der Waals surface area contributed by atoms with Gasteiger partial charge in [-0.3, -0.25) is 4.79 Å². The minimum absolute atomic E-state index is 0.0270. The summed E-state index contributed by atoms with van der Waals surface area (Å²) in [5.41, 5.74) is 2.69. The first kappa shape index (κ1) is 18.5. The summed E-state index contributed by atoms with van der Waals surface area (Å²) >= 11 is 1.64. The molecule has 0 radical (unpaired) electrons. The number of carbonyl (C=O) groups is 1. The number of ether oxygens (including phenoxy) is 2. The number of anilines is 2. The van der Waals surface area contributed by atoms with Gasteiger partial charge in [0.05, 0.1) is 18.9 Å². The summed E-state index contributed by atoms with van der Waals surface area (Å²) < 4.78 is 10.9. The van der Waals surface area contributed by atoms with Crippen molar-refractivity contribution in [1.29, 1.82) is 0 Å². The molecule has 6 nitrogen and oxygen atoms in total. The van der Waals surface area contributed by atoms with Crippen LogP contribution in [0.5, 0.6) is 5.75 Å². The van der Waals surface area contributed by atoms with Crippen molar-refractivity contribution in [2.75, 3.05) is 43.1 Å². The number of aromatic nitrogens is 1. The second-order valence-corrected chi connectivity index (χ2v) is 7.18. The number of hydrogen-bond acceptors (Lipinski definition) is 6. The van der Waals surface area contributed by atoms with Gasteiger partial charge in [-0.1, -0.05) is 30.3 Å². The van der Waals surface area contributed by atoms with Crippen molar-refractivity contribution in [2.24, 2.45) is 0 Å². The third kappa shape index (κ3) is 4.68. The van der Waals surface area contributed by atoms with Crippen molar-refractivity contribution in [3.63, 3.8) is 0 Å². The van der Waals surface area contributed by atoms with Crippen molar-refractivity contribution >= 4 is 28.1 Å². The molecule has 2 heterocycles. The molecule has 1 aliphatic heterocycles. The predicted octanol–water partition coefficient (Wildman–Crippen LogP) is 3.66. The summed E-state index contributed by atoms with van der Waals surface area (Å²) in [5, 5.41) is 5.93. The van der Waals surface area contributed by atoms with E-state index in [9.17, 15) is 4.79 Å². The number of para-hydroxylation sites is 1. The van der Waals surface area contributed by atoms with E-state index in [4.69, 9.17) is 14.5 Å². The number of hydrogen-bond donors (Lipinski definition) is 1. The summed E-state index contributed by atoms with van der Waals surface area (Å²) in [4.78, 5) is 19.0. The van der Waals surface area contributed by atoms with E-state index in [-0.39, 0.29) is 12.5 Å². The van der Waals surface area contributed by atoms with Crippen LogP contribution >= 0.6 is 11.3 Å². The lowest BCUT2D eigenvalue weighted by Gasteiger charge is -2.26. The van der Waals surface area contributed by atoms with Gasteiger partial charge in [-0.2, -0.15) is 0 Å². The first-order valence-electron chi connectivity index (χ1n) is 9.14. The molecule has 1 aromatic heterocycles. The molecule has 1 N–H and O–H groups in total. The number of morpholine rings is 1. The lowest BCUT2D eigenvalue weighted by Crippen LogP contribution is -2.36. The summed E-state index contributed by atoms with van der Waals surface area (Å²) in [7, 11) is 0. The maximum Gasteiger partial charge on any atom is 0.262 e. The van der Waals surface area contributed by atoms with E-state index in [2.05, 4.69) is 15.6 Å². The molecule has 0 atom stereocenters. The molecular weight excluding hydrogens is 374 g/mol. The zero-order valence-corrected chi connectivity index (χ0v) is 16.2. The second kappa shape index (κ2) is 8.86. The number of amides is 1. The van der Waals surface area contributed by atoms with Gasteiger partial charge in [0, 0.05) is 29.7 Å². The Morgan fingerprint density at radius 3 is 2.61 bits per heavy atom. The van der Waals surface area contributed by atoms with Crippen LogP contribution in [0.3, 0.4) is 0 Å². The normalized spacial score (nSPS) is 13.9. The summed E-state index contributed by atoms with van der Waals surface area (Å²) in [6, 6.07) is 17.0. The standard InChI is InChI=1S/C21H21N3O3S/c25-20(14-27-18-4-2-1-3-5-18)22-17-8-6-16(7-9-17)19-15-28-21(23-19)24-10-12-26-13-11-24/h1-9,15H,10-14H2,(H,22,25). The summed E-state index contributed by atoms with van der Waals surface area (Å²) in [6.45, 7) is 3.22.